The largest absolute Gasteiger partial charge is 0.417 e. The summed E-state index contributed by atoms with van der Waals surface area (Å²) in [6, 6.07) is 11.0. The van der Waals surface area contributed by atoms with Crippen LogP contribution in [0.15, 0.2) is 53.8 Å². The van der Waals surface area contributed by atoms with Gasteiger partial charge in [-0.3, -0.25) is 4.90 Å². The lowest BCUT2D eigenvalue weighted by Crippen LogP contribution is -2.46. The number of piperazine rings is 1. The molecule has 4 rings (SSSR count). The fourth-order valence-electron chi connectivity index (χ4n) is 3.66. The van der Waals surface area contributed by atoms with Crippen LogP contribution in [0.1, 0.15) is 12.0 Å². The third-order valence-corrected chi connectivity index (χ3v) is 6.25. The number of rotatable bonds is 6. The number of H-pyrrole nitrogens is 1. The van der Waals surface area contributed by atoms with Crippen molar-refractivity contribution >= 4 is 28.4 Å². The van der Waals surface area contributed by atoms with Crippen LogP contribution >= 0.6 is 11.8 Å². The maximum atomic E-state index is 12.6. The Balaban J connectivity index is 1.20. The quantitative estimate of drug-likeness (QED) is 0.455. The number of halogens is 3. The van der Waals surface area contributed by atoms with Crippen molar-refractivity contribution in [2.24, 2.45) is 0 Å². The molecular weight excluding hydrogens is 397 g/mol. The summed E-state index contributed by atoms with van der Waals surface area (Å²) in [5.41, 5.74) is 1.75. The Hall–Kier alpha value is -2.19. The molecule has 1 aliphatic rings. The lowest BCUT2D eigenvalue weighted by molar-refractivity contribution is -0.137. The first-order chi connectivity index (χ1) is 14.0. The van der Waals surface area contributed by atoms with Crippen molar-refractivity contribution in [1.29, 1.82) is 0 Å². The molecule has 8 heteroatoms. The van der Waals surface area contributed by atoms with E-state index in [1.165, 1.54) is 34.4 Å². The molecule has 154 valence electrons. The molecule has 0 atom stereocenters. The smallest absolute Gasteiger partial charge is 0.368 e. The highest BCUT2D eigenvalue weighted by molar-refractivity contribution is 7.99. The molecule has 0 radical (unpaired) electrons. The van der Waals surface area contributed by atoms with Gasteiger partial charge in [0.2, 0.25) is 0 Å². The Kier molecular flexibility index (Phi) is 6.01. The van der Waals surface area contributed by atoms with Crippen LogP contribution in [-0.4, -0.2) is 53.3 Å². The highest BCUT2D eigenvalue weighted by Gasteiger charge is 2.30. The van der Waals surface area contributed by atoms with E-state index in [-0.39, 0.29) is 0 Å². The Morgan fingerprint density at radius 2 is 1.86 bits per heavy atom. The number of hydrogen-bond acceptors (Lipinski definition) is 4. The summed E-state index contributed by atoms with van der Waals surface area (Å²) in [5.74, 6) is 0.848. The van der Waals surface area contributed by atoms with E-state index in [9.17, 15) is 13.2 Å². The van der Waals surface area contributed by atoms with E-state index in [1.54, 1.807) is 0 Å². The normalized spacial score (nSPS) is 15.9. The van der Waals surface area contributed by atoms with Crippen LogP contribution in [0.5, 0.6) is 0 Å². The molecular formula is C21H23F3N4S. The number of nitrogens with zero attached hydrogens (tertiary/aromatic N) is 3. The molecule has 1 fully saturated rings. The molecule has 0 unspecified atom stereocenters. The number of aromatic amines is 1. The zero-order valence-corrected chi connectivity index (χ0v) is 16.8. The van der Waals surface area contributed by atoms with Gasteiger partial charge in [0, 0.05) is 60.9 Å². The van der Waals surface area contributed by atoms with Gasteiger partial charge in [-0.05, 0) is 43.3 Å². The summed E-state index contributed by atoms with van der Waals surface area (Å²) >= 11 is 1.51. The van der Waals surface area contributed by atoms with E-state index < -0.39 is 11.7 Å². The van der Waals surface area contributed by atoms with Crippen LogP contribution in [0, 0.1) is 0 Å². The summed E-state index contributed by atoms with van der Waals surface area (Å²) < 4.78 is 37.7. The van der Waals surface area contributed by atoms with E-state index in [0.29, 0.717) is 5.03 Å². The number of aromatic nitrogens is 2. The summed E-state index contributed by atoms with van der Waals surface area (Å²) in [6.45, 7) is 5.03. The molecule has 4 nitrogen and oxygen atoms in total. The molecule has 29 heavy (non-hydrogen) atoms. The molecule has 0 bridgehead atoms. The van der Waals surface area contributed by atoms with E-state index in [0.717, 1.165) is 57.2 Å². The maximum absolute atomic E-state index is 12.6. The van der Waals surface area contributed by atoms with Crippen molar-refractivity contribution in [3.63, 3.8) is 0 Å². The zero-order chi connectivity index (χ0) is 20.3. The van der Waals surface area contributed by atoms with E-state index >= 15 is 0 Å². The molecule has 2 aromatic heterocycles. The van der Waals surface area contributed by atoms with Crippen molar-refractivity contribution in [1.82, 2.24) is 14.9 Å². The van der Waals surface area contributed by atoms with Gasteiger partial charge in [0.25, 0.3) is 0 Å². The molecule has 3 aromatic rings. The van der Waals surface area contributed by atoms with Crippen molar-refractivity contribution in [3.05, 3.63) is 54.4 Å². The lowest BCUT2D eigenvalue weighted by Gasteiger charge is -2.36. The van der Waals surface area contributed by atoms with Crippen molar-refractivity contribution in [2.75, 3.05) is 43.4 Å². The Bertz CT molecular complexity index is 931. The minimum absolute atomic E-state index is 0.641. The predicted octanol–water partition coefficient (Wildman–Crippen LogP) is 4.89. The third-order valence-electron chi connectivity index (χ3n) is 5.22. The zero-order valence-electron chi connectivity index (χ0n) is 16.0. The standard InChI is InChI=1S/C21H23F3N4S/c22-21(23,24)16-5-6-20(26-15-16)29-14-2-9-27-10-12-28(13-11-27)19-4-1-3-18-17(19)7-8-25-18/h1,3-8,15,25H,2,9-14H2. The number of fused-ring (bicyclic) bond motifs is 1. The van der Waals surface area contributed by atoms with Crippen LogP contribution in [0.3, 0.4) is 0 Å². The molecule has 0 spiro atoms. The summed E-state index contributed by atoms with van der Waals surface area (Å²) in [7, 11) is 0. The van der Waals surface area contributed by atoms with Crippen molar-refractivity contribution < 1.29 is 13.2 Å². The first kappa shape index (κ1) is 20.1. The SMILES string of the molecule is FC(F)(F)c1ccc(SCCCN2CCN(c3cccc4[nH]ccc34)CC2)nc1. The molecule has 1 aromatic carbocycles. The van der Waals surface area contributed by atoms with E-state index in [2.05, 4.69) is 44.0 Å². The number of nitrogens with one attached hydrogen (secondary N) is 1. The van der Waals surface area contributed by atoms with Gasteiger partial charge < -0.3 is 9.88 Å². The number of anilines is 1. The molecule has 3 heterocycles. The molecule has 1 aliphatic heterocycles. The summed E-state index contributed by atoms with van der Waals surface area (Å²) in [5, 5.41) is 1.91. The Morgan fingerprint density at radius 1 is 1.03 bits per heavy atom. The minimum atomic E-state index is -4.33. The average molecular weight is 421 g/mol. The van der Waals surface area contributed by atoms with Crippen LogP contribution in [0.4, 0.5) is 18.9 Å². The first-order valence-electron chi connectivity index (χ1n) is 9.70. The number of benzene rings is 1. The van der Waals surface area contributed by atoms with Gasteiger partial charge in [0.15, 0.2) is 0 Å². The topological polar surface area (TPSA) is 35.2 Å². The van der Waals surface area contributed by atoms with Gasteiger partial charge in [-0.25, -0.2) is 4.98 Å². The fraction of sp³-hybridized carbons (Fsp3) is 0.381. The van der Waals surface area contributed by atoms with E-state index in [4.69, 9.17) is 0 Å². The fourth-order valence-corrected chi connectivity index (χ4v) is 4.43. The maximum Gasteiger partial charge on any atom is 0.417 e. The number of hydrogen-bond donors (Lipinski definition) is 1. The highest BCUT2D eigenvalue weighted by Crippen LogP contribution is 2.30. The molecule has 1 saturated heterocycles. The van der Waals surface area contributed by atoms with Crippen molar-refractivity contribution in [3.8, 4) is 0 Å². The summed E-state index contributed by atoms with van der Waals surface area (Å²) in [4.78, 5) is 12.1. The Labute approximate surface area is 172 Å². The van der Waals surface area contributed by atoms with Gasteiger partial charge in [-0.15, -0.1) is 11.8 Å². The predicted molar refractivity (Wildman–Crippen MR) is 112 cm³/mol. The van der Waals surface area contributed by atoms with Gasteiger partial charge in [-0.1, -0.05) is 6.07 Å². The number of thioether (sulfide) groups is 1. The molecule has 1 N–H and O–H groups in total. The number of alkyl halides is 3. The van der Waals surface area contributed by atoms with Crippen LogP contribution in [-0.2, 0) is 6.18 Å². The second kappa shape index (κ2) is 8.67. The monoisotopic (exact) mass is 420 g/mol. The van der Waals surface area contributed by atoms with Crippen molar-refractivity contribution in [2.45, 2.75) is 17.6 Å². The number of pyridine rings is 1. The van der Waals surface area contributed by atoms with Gasteiger partial charge in [-0.2, -0.15) is 13.2 Å². The third kappa shape index (κ3) is 4.87. The van der Waals surface area contributed by atoms with Gasteiger partial charge >= 0.3 is 6.18 Å². The molecule has 0 aliphatic carbocycles. The molecule has 0 amide bonds. The van der Waals surface area contributed by atoms with E-state index in [1.807, 2.05) is 6.20 Å². The van der Waals surface area contributed by atoms with Gasteiger partial charge in [0.1, 0.15) is 0 Å². The lowest BCUT2D eigenvalue weighted by atomic mass is 10.1. The average Bonchev–Trinajstić information content (AvgIpc) is 3.20. The second-order valence-corrected chi connectivity index (χ2v) is 8.24. The first-order valence-corrected chi connectivity index (χ1v) is 10.7. The summed E-state index contributed by atoms with van der Waals surface area (Å²) in [6.07, 6.45) is -0.452. The van der Waals surface area contributed by atoms with Crippen LogP contribution < -0.4 is 4.90 Å². The second-order valence-electron chi connectivity index (χ2n) is 7.13. The van der Waals surface area contributed by atoms with Crippen LogP contribution in [0.2, 0.25) is 0 Å². The van der Waals surface area contributed by atoms with Crippen LogP contribution in [0.25, 0.3) is 10.9 Å². The van der Waals surface area contributed by atoms with Gasteiger partial charge in [0.05, 0.1) is 10.6 Å². The minimum Gasteiger partial charge on any atom is -0.368 e. The Morgan fingerprint density at radius 3 is 2.59 bits per heavy atom. The molecule has 0 saturated carbocycles. The highest BCUT2D eigenvalue weighted by atomic mass is 32.2.